The molecular formula is C14H13N3O2. The quantitative estimate of drug-likeness (QED) is 0.563. The Hall–Kier alpha value is -2.56. The van der Waals surface area contributed by atoms with Crippen LogP contribution in [-0.4, -0.2) is 22.0 Å². The molecule has 0 bridgehead atoms. The van der Waals surface area contributed by atoms with E-state index in [2.05, 4.69) is 4.98 Å². The van der Waals surface area contributed by atoms with Crippen LogP contribution >= 0.6 is 0 Å². The Labute approximate surface area is 109 Å². The van der Waals surface area contributed by atoms with Gasteiger partial charge in [0.15, 0.2) is 5.69 Å². The second kappa shape index (κ2) is 4.28. The van der Waals surface area contributed by atoms with Crippen molar-refractivity contribution in [2.45, 2.75) is 6.92 Å². The van der Waals surface area contributed by atoms with E-state index in [1.54, 1.807) is 13.1 Å². The molecule has 0 atom stereocenters. The minimum Gasteiger partial charge on any atom is -0.461 e. The Morgan fingerprint density at radius 2 is 2.21 bits per heavy atom. The number of nitrogens with zero attached hydrogens (tertiary/aromatic N) is 2. The summed E-state index contributed by atoms with van der Waals surface area (Å²) in [4.78, 5) is 15.9. The standard InChI is InChI=1S/C14H13N3O2/c1-2-19-14(18)11-8-17-12-5-4-10(15)7-9(12)3-6-13(17)16-11/h3-8H,2,15H2,1H3. The van der Waals surface area contributed by atoms with Crippen LogP contribution in [0.25, 0.3) is 16.6 Å². The first-order valence-corrected chi connectivity index (χ1v) is 6.03. The third-order valence-corrected chi connectivity index (χ3v) is 2.94. The van der Waals surface area contributed by atoms with Crippen LogP contribution < -0.4 is 5.73 Å². The number of ether oxygens (including phenoxy) is 1. The highest BCUT2D eigenvalue weighted by molar-refractivity contribution is 5.90. The first-order valence-electron chi connectivity index (χ1n) is 6.03. The van der Waals surface area contributed by atoms with Crippen LogP contribution in [-0.2, 0) is 4.74 Å². The number of hydrogen-bond donors (Lipinski definition) is 1. The van der Waals surface area contributed by atoms with Gasteiger partial charge in [0.2, 0.25) is 0 Å². The van der Waals surface area contributed by atoms with Gasteiger partial charge in [0.25, 0.3) is 0 Å². The maximum atomic E-state index is 11.7. The summed E-state index contributed by atoms with van der Waals surface area (Å²) in [7, 11) is 0. The van der Waals surface area contributed by atoms with E-state index in [9.17, 15) is 4.79 Å². The van der Waals surface area contributed by atoms with Crippen molar-refractivity contribution in [1.82, 2.24) is 9.38 Å². The molecule has 5 heteroatoms. The molecule has 0 aliphatic heterocycles. The third kappa shape index (κ3) is 1.89. The lowest BCUT2D eigenvalue weighted by molar-refractivity contribution is 0.0520. The highest BCUT2D eigenvalue weighted by atomic mass is 16.5. The van der Waals surface area contributed by atoms with Crippen molar-refractivity contribution in [3.63, 3.8) is 0 Å². The number of esters is 1. The lowest BCUT2D eigenvalue weighted by Gasteiger charge is -2.02. The minimum atomic E-state index is -0.408. The summed E-state index contributed by atoms with van der Waals surface area (Å²) in [5.74, 6) is -0.408. The summed E-state index contributed by atoms with van der Waals surface area (Å²) < 4.78 is 6.82. The van der Waals surface area contributed by atoms with Gasteiger partial charge in [-0.25, -0.2) is 9.78 Å². The molecule has 3 aromatic rings. The molecule has 5 nitrogen and oxygen atoms in total. The molecular weight excluding hydrogens is 242 g/mol. The molecule has 0 radical (unpaired) electrons. The molecule has 2 N–H and O–H groups in total. The average Bonchev–Trinajstić information content (AvgIpc) is 2.82. The second-order valence-corrected chi connectivity index (χ2v) is 4.23. The molecule has 0 aliphatic carbocycles. The van der Waals surface area contributed by atoms with Gasteiger partial charge >= 0.3 is 5.97 Å². The molecule has 0 saturated heterocycles. The van der Waals surface area contributed by atoms with Crippen LogP contribution in [0.15, 0.2) is 36.5 Å². The average molecular weight is 255 g/mol. The number of anilines is 1. The molecule has 2 heterocycles. The van der Waals surface area contributed by atoms with Gasteiger partial charge in [-0.3, -0.25) is 4.40 Å². The number of aromatic nitrogens is 2. The zero-order valence-corrected chi connectivity index (χ0v) is 10.5. The number of imidazole rings is 1. The Balaban J connectivity index is 2.22. The summed E-state index contributed by atoms with van der Waals surface area (Å²) in [5, 5.41) is 1.00. The predicted octanol–water partition coefficient (Wildman–Crippen LogP) is 2.25. The van der Waals surface area contributed by atoms with E-state index in [-0.39, 0.29) is 0 Å². The Morgan fingerprint density at radius 3 is 3.00 bits per heavy atom. The van der Waals surface area contributed by atoms with Gasteiger partial charge in [0.05, 0.1) is 12.1 Å². The van der Waals surface area contributed by atoms with Crippen molar-refractivity contribution in [3.8, 4) is 0 Å². The van der Waals surface area contributed by atoms with Crippen molar-refractivity contribution in [1.29, 1.82) is 0 Å². The van der Waals surface area contributed by atoms with Crippen LogP contribution in [0.4, 0.5) is 5.69 Å². The Morgan fingerprint density at radius 1 is 1.37 bits per heavy atom. The minimum absolute atomic E-state index is 0.311. The van der Waals surface area contributed by atoms with Gasteiger partial charge in [0.1, 0.15) is 5.65 Å². The summed E-state index contributed by atoms with van der Waals surface area (Å²) in [5.41, 5.74) is 8.44. The van der Waals surface area contributed by atoms with Crippen LogP contribution in [0, 0.1) is 0 Å². The van der Waals surface area contributed by atoms with Gasteiger partial charge in [-0.1, -0.05) is 0 Å². The molecule has 0 spiro atoms. The fraction of sp³-hybridized carbons (Fsp3) is 0.143. The van der Waals surface area contributed by atoms with Gasteiger partial charge in [-0.2, -0.15) is 0 Å². The lowest BCUT2D eigenvalue weighted by atomic mass is 10.2. The summed E-state index contributed by atoms with van der Waals surface area (Å²) in [6.45, 7) is 2.11. The van der Waals surface area contributed by atoms with Crippen LogP contribution in [0.3, 0.4) is 0 Å². The second-order valence-electron chi connectivity index (χ2n) is 4.23. The number of nitrogens with two attached hydrogens (primary N) is 1. The van der Waals surface area contributed by atoms with Crippen LogP contribution in [0.2, 0.25) is 0 Å². The number of pyridine rings is 1. The van der Waals surface area contributed by atoms with E-state index in [0.29, 0.717) is 23.6 Å². The van der Waals surface area contributed by atoms with Gasteiger partial charge in [-0.05, 0) is 37.3 Å². The van der Waals surface area contributed by atoms with Crippen molar-refractivity contribution in [2.24, 2.45) is 0 Å². The number of fused-ring (bicyclic) bond motifs is 3. The molecule has 2 aromatic heterocycles. The fourth-order valence-electron chi connectivity index (χ4n) is 2.10. The van der Waals surface area contributed by atoms with E-state index in [4.69, 9.17) is 10.5 Å². The van der Waals surface area contributed by atoms with Gasteiger partial charge in [0, 0.05) is 17.3 Å². The van der Waals surface area contributed by atoms with E-state index in [0.717, 1.165) is 10.9 Å². The summed E-state index contributed by atoms with van der Waals surface area (Å²) in [6.07, 6.45) is 1.69. The largest absolute Gasteiger partial charge is 0.461 e. The lowest BCUT2D eigenvalue weighted by Crippen LogP contribution is -2.04. The molecule has 1 aromatic carbocycles. The molecule has 0 aliphatic rings. The van der Waals surface area contributed by atoms with E-state index < -0.39 is 5.97 Å². The van der Waals surface area contributed by atoms with E-state index in [1.807, 2.05) is 34.7 Å². The zero-order valence-electron chi connectivity index (χ0n) is 10.5. The van der Waals surface area contributed by atoms with Crippen molar-refractivity contribution in [3.05, 3.63) is 42.2 Å². The molecule has 0 saturated carbocycles. The first-order chi connectivity index (χ1) is 9.19. The molecule has 3 rings (SSSR count). The highest BCUT2D eigenvalue weighted by Crippen LogP contribution is 2.20. The Bertz CT molecular complexity index is 777. The third-order valence-electron chi connectivity index (χ3n) is 2.94. The Kier molecular flexibility index (Phi) is 2.59. The summed E-state index contributed by atoms with van der Waals surface area (Å²) >= 11 is 0. The van der Waals surface area contributed by atoms with Gasteiger partial charge in [-0.15, -0.1) is 0 Å². The number of carbonyl (C=O) groups excluding carboxylic acids is 1. The maximum absolute atomic E-state index is 11.7. The number of nitrogen functional groups attached to an aromatic ring is 1. The van der Waals surface area contributed by atoms with Crippen molar-refractivity contribution < 1.29 is 9.53 Å². The smallest absolute Gasteiger partial charge is 0.358 e. The van der Waals surface area contributed by atoms with Crippen LogP contribution in [0.5, 0.6) is 0 Å². The van der Waals surface area contributed by atoms with Crippen LogP contribution in [0.1, 0.15) is 17.4 Å². The normalized spacial score (nSPS) is 11.0. The summed E-state index contributed by atoms with van der Waals surface area (Å²) in [6, 6.07) is 9.41. The number of benzene rings is 1. The van der Waals surface area contributed by atoms with Crippen molar-refractivity contribution in [2.75, 3.05) is 12.3 Å². The fourth-order valence-corrected chi connectivity index (χ4v) is 2.10. The molecule has 0 unspecified atom stereocenters. The van der Waals surface area contributed by atoms with Crippen molar-refractivity contribution >= 4 is 28.2 Å². The molecule has 0 fully saturated rings. The van der Waals surface area contributed by atoms with E-state index >= 15 is 0 Å². The number of rotatable bonds is 2. The van der Waals surface area contributed by atoms with Gasteiger partial charge < -0.3 is 10.5 Å². The zero-order chi connectivity index (χ0) is 13.4. The number of carbonyl (C=O) groups is 1. The number of hydrogen-bond acceptors (Lipinski definition) is 4. The molecule has 19 heavy (non-hydrogen) atoms. The first kappa shape index (κ1) is 11.5. The monoisotopic (exact) mass is 255 g/mol. The van der Waals surface area contributed by atoms with E-state index in [1.165, 1.54) is 0 Å². The SMILES string of the molecule is CCOC(=O)c1cn2c(ccc3cc(N)ccc32)n1. The predicted molar refractivity (Wildman–Crippen MR) is 73.1 cm³/mol. The molecule has 0 amide bonds. The topological polar surface area (TPSA) is 69.6 Å². The maximum Gasteiger partial charge on any atom is 0.358 e. The highest BCUT2D eigenvalue weighted by Gasteiger charge is 2.12. The molecule has 96 valence electrons.